The lowest BCUT2D eigenvalue weighted by atomic mass is 10.3. The van der Waals surface area contributed by atoms with E-state index < -0.39 is 8.80 Å². The van der Waals surface area contributed by atoms with Crippen LogP contribution < -0.4 is 0 Å². The lowest BCUT2D eigenvalue weighted by Crippen LogP contribution is -2.55. The van der Waals surface area contributed by atoms with E-state index in [4.69, 9.17) is 13.3 Å². The van der Waals surface area contributed by atoms with Gasteiger partial charge in [0.25, 0.3) is 0 Å². The summed E-state index contributed by atoms with van der Waals surface area (Å²) < 4.78 is 16.8. The molecule has 0 saturated carbocycles. The monoisotopic (exact) mass is 282 g/mol. The molecule has 0 saturated heterocycles. The van der Waals surface area contributed by atoms with Crippen molar-refractivity contribution < 1.29 is 28.0 Å². The summed E-state index contributed by atoms with van der Waals surface area (Å²) in [4.78, 5) is 0. The first kappa shape index (κ1) is 18.0. The highest BCUT2D eigenvalue weighted by Crippen LogP contribution is 2.17. The molecule has 0 aromatic rings. The predicted molar refractivity (Wildman–Crippen MR) is 71.2 cm³/mol. The average Bonchev–Trinajstić information content (AvgIpc) is 2.41. The second kappa shape index (κ2) is 8.97. The second-order valence-corrected chi connectivity index (χ2v) is 7.41. The standard InChI is InChI=1S/C11H28NO5Si/c1-5-12(6-9-13,7-10-14)8-11-18(15-2,16-3)17-4/h13-14H,5-11H2,1-4H3/q+1. The van der Waals surface area contributed by atoms with Gasteiger partial charge in [0.2, 0.25) is 0 Å². The molecule has 0 fully saturated rings. The Labute approximate surface area is 111 Å². The molecule has 0 amide bonds. The number of rotatable bonds is 11. The zero-order valence-electron chi connectivity index (χ0n) is 12.0. The number of hydrogen-bond donors (Lipinski definition) is 2. The van der Waals surface area contributed by atoms with Crippen LogP contribution in [0.1, 0.15) is 6.92 Å². The van der Waals surface area contributed by atoms with Gasteiger partial charge in [0, 0.05) is 21.3 Å². The first-order valence-corrected chi connectivity index (χ1v) is 8.23. The number of likely N-dealkylation sites (N-methyl/N-ethyl adjacent to an activating group) is 1. The van der Waals surface area contributed by atoms with Crippen molar-refractivity contribution in [2.75, 3.05) is 60.7 Å². The molecule has 0 radical (unpaired) electrons. The van der Waals surface area contributed by atoms with Crippen molar-refractivity contribution in [1.29, 1.82) is 0 Å². The van der Waals surface area contributed by atoms with Crippen molar-refractivity contribution in [3.8, 4) is 0 Å². The number of nitrogens with zero attached hydrogens (tertiary/aromatic N) is 1. The first-order chi connectivity index (χ1) is 8.57. The van der Waals surface area contributed by atoms with Crippen LogP contribution in [-0.4, -0.2) is 84.2 Å². The first-order valence-electron chi connectivity index (χ1n) is 6.30. The molecule has 2 N–H and O–H groups in total. The Kier molecular flexibility index (Phi) is 8.96. The number of aliphatic hydroxyl groups is 2. The molecule has 0 aromatic heterocycles. The van der Waals surface area contributed by atoms with Crippen LogP contribution in [-0.2, 0) is 13.3 Å². The largest absolute Gasteiger partial charge is 0.505 e. The maximum atomic E-state index is 9.18. The lowest BCUT2D eigenvalue weighted by molar-refractivity contribution is -0.925. The number of aliphatic hydroxyl groups excluding tert-OH is 2. The zero-order chi connectivity index (χ0) is 14.1. The van der Waals surface area contributed by atoms with E-state index >= 15 is 0 Å². The minimum Gasteiger partial charge on any atom is -0.391 e. The molecule has 0 heterocycles. The Balaban J connectivity index is 4.66. The van der Waals surface area contributed by atoms with Crippen molar-refractivity contribution in [3.05, 3.63) is 0 Å². The molecular weight excluding hydrogens is 254 g/mol. The van der Waals surface area contributed by atoms with Crippen LogP contribution >= 0.6 is 0 Å². The zero-order valence-corrected chi connectivity index (χ0v) is 13.0. The summed E-state index contributed by atoms with van der Waals surface area (Å²) >= 11 is 0. The highest BCUT2D eigenvalue weighted by Gasteiger charge is 2.41. The van der Waals surface area contributed by atoms with Crippen LogP contribution in [0.4, 0.5) is 0 Å². The van der Waals surface area contributed by atoms with Crippen molar-refractivity contribution in [3.63, 3.8) is 0 Å². The summed E-state index contributed by atoms with van der Waals surface area (Å²) in [5.74, 6) is 0. The number of quaternary nitrogens is 1. The number of hydrogen-bond acceptors (Lipinski definition) is 5. The van der Waals surface area contributed by atoms with Crippen LogP contribution in [0.5, 0.6) is 0 Å². The van der Waals surface area contributed by atoms with Gasteiger partial charge in [-0.3, -0.25) is 0 Å². The Morgan fingerprint density at radius 3 is 1.61 bits per heavy atom. The molecule has 7 heteroatoms. The molecule has 0 aliphatic heterocycles. The third kappa shape index (κ3) is 4.92. The van der Waals surface area contributed by atoms with Gasteiger partial charge in [-0.2, -0.15) is 0 Å². The van der Waals surface area contributed by atoms with Crippen LogP contribution in [0.15, 0.2) is 0 Å². The van der Waals surface area contributed by atoms with Gasteiger partial charge in [-0.1, -0.05) is 0 Å². The average molecular weight is 282 g/mol. The summed E-state index contributed by atoms with van der Waals surface area (Å²) in [6, 6.07) is 0.671. The van der Waals surface area contributed by atoms with Gasteiger partial charge in [-0.25, -0.2) is 0 Å². The van der Waals surface area contributed by atoms with Gasteiger partial charge in [0.15, 0.2) is 0 Å². The Morgan fingerprint density at radius 2 is 1.33 bits per heavy atom. The van der Waals surface area contributed by atoms with Gasteiger partial charge in [0.1, 0.15) is 13.1 Å². The molecular formula is C11H28NO5Si+. The summed E-state index contributed by atoms with van der Waals surface area (Å²) in [7, 11) is 2.21. The molecule has 110 valence electrons. The van der Waals surface area contributed by atoms with Crippen molar-refractivity contribution >= 4 is 8.80 Å². The molecule has 0 aromatic carbocycles. The van der Waals surface area contributed by atoms with Crippen LogP contribution in [0.3, 0.4) is 0 Å². The fraction of sp³-hybridized carbons (Fsp3) is 1.00. The van der Waals surface area contributed by atoms with E-state index in [9.17, 15) is 10.2 Å². The maximum absolute atomic E-state index is 9.18. The molecule has 0 spiro atoms. The third-order valence-electron chi connectivity index (χ3n) is 3.64. The Bertz CT molecular complexity index is 199. The third-order valence-corrected chi connectivity index (χ3v) is 6.35. The van der Waals surface area contributed by atoms with Gasteiger partial charge >= 0.3 is 8.80 Å². The molecule has 18 heavy (non-hydrogen) atoms. The summed E-state index contributed by atoms with van der Waals surface area (Å²) in [6.07, 6.45) is 0. The van der Waals surface area contributed by atoms with E-state index in [-0.39, 0.29) is 13.2 Å². The van der Waals surface area contributed by atoms with Crippen LogP contribution in [0, 0.1) is 0 Å². The quantitative estimate of drug-likeness (QED) is 0.402. The van der Waals surface area contributed by atoms with Gasteiger partial charge < -0.3 is 28.0 Å². The fourth-order valence-electron chi connectivity index (χ4n) is 2.16. The van der Waals surface area contributed by atoms with Gasteiger partial charge in [0.05, 0.1) is 32.3 Å². The summed E-state index contributed by atoms with van der Waals surface area (Å²) in [5, 5.41) is 18.4. The Hall–Kier alpha value is -0.0231. The SMILES string of the molecule is CC[N+](CCO)(CCO)CC[Si](OC)(OC)OC. The van der Waals surface area contributed by atoms with E-state index in [0.29, 0.717) is 23.6 Å². The predicted octanol–water partition coefficient (Wildman–Crippen LogP) is -0.314. The van der Waals surface area contributed by atoms with Crippen molar-refractivity contribution in [2.45, 2.75) is 13.0 Å². The van der Waals surface area contributed by atoms with E-state index in [1.54, 1.807) is 21.3 Å². The molecule has 0 atom stereocenters. The van der Waals surface area contributed by atoms with Crippen LogP contribution in [0.25, 0.3) is 0 Å². The molecule has 0 unspecified atom stereocenters. The molecule has 0 bridgehead atoms. The van der Waals surface area contributed by atoms with Crippen molar-refractivity contribution in [2.24, 2.45) is 0 Å². The molecule has 0 rings (SSSR count). The maximum Gasteiger partial charge on any atom is 0.505 e. The summed E-state index contributed by atoms with van der Waals surface area (Å²) in [5.41, 5.74) is 0. The lowest BCUT2D eigenvalue weighted by Gasteiger charge is -2.38. The minimum absolute atomic E-state index is 0.106. The summed E-state index contributed by atoms with van der Waals surface area (Å²) in [6.45, 7) is 5.13. The van der Waals surface area contributed by atoms with Crippen LogP contribution in [0.2, 0.25) is 6.04 Å². The minimum atomic E-state index is -2.58. The fourth-order valence-corrected chi connectivity index (χ4v) is 4.02. The van der Waals surface area contributed by atoms with E-state index in [1.165, 1.54) is 0 Å². The molecule has 6 nitrogen and oxygen atoms in total. The Morgan fingerprint density at radius 1 is 0.889 bits per heavy atom. The molecule has 0 aliphatic carbocycles. The van der Waals surface area contributed by atoms with Crippen molar-refractivity contribution in [1.82, 2.24) is 0 Å². The second-order valence-electron chi connectivity index (χ2n) is 4.32. The smallest absolute Gasteiger partial charge is 0.391 e. The van der Waals surface area contributed by atoms with Gasteiger partial charge in [-0.15, -0.1) is 0 Å². The topological polar surface area (TPSA) is 68.2 Å². The normalized spacial score (nSPS) is 13.0. The van der Waals surface area contributed by atoms with E-state index in [2.05, 4.69) is 6.92 Å². The molecule has 0 aliphatic rings. The highest BCUT2D eigenvalue weighted by atomic mass is 28.4. The van der Waals surface area contributed by atoms with E-state index in [1.807, 2.05) is 0 Å². The van der Waals surface area contributed by atoms with Gasteiger partial charge in [-0.05, 0) is 6.92 Å². The van der Waals surface area contributed by atoms with E-state index in [0.717, 1.165) is 13.1 Å². The highest BCUT2D eigenvalue weighted by molar-refractivity contribution is 6.60.